The van der Waals surface area contributed by atoms with Crippen LogP contribution in [0.4, 0.5) is 4.39 Å². The highest BCUT2D eigenvalue weighted by Crippen LogP contribution is 2.12. The SMILES string of the molecule is CON(C)C(=O)c1cc(F)ccc1C. The summed E-state index contributed by atoms with van der Waals surface area (Å²) in [4.78, 5) is 16.3. The number of halogens is 1. The number of hydrogen-bond donors (Lipinski definition) is 0. The van der Waals surface area contributed by atoms with Crippen LogP contribution in [0.3, 0.4) is 0 Å². The zero-order chi connectivity index (χ0) is 10.7. The van der Waals surface area contributed by atoms with Gasteiger partial charge >= 0.3 is 0 Å². The summed E-state index contributed by atoms with van der Waals surface area (Å²) >= 11 is 0. The molecule has 0 bridgehead atoms. The van der Waals surface area contributed by atoms with Gasteiger partial charge in [0.2, 0.25) is 0 Å². The maximum Gasteiger partial charge on any atom is 0.277 e. The molecule has 0 unspecified atom stereocenters. The number of nitrogens with zero attached hydrogens (tertiary/aromatic N) is 1. The van der Waals surface area contributed by atoms with E-state index < -0.39 is 5.82 Å². The Balaban J connectivity index is 3.06. The predicted molar refractivity (Wildman–Crippen MR) is 50.2 cm³/mol. The Labute approximate surface area is 82.0 Å². The molecule has 1 rings (SSSR count). The lowest BCUT2D eigenvalue weighted by Crippen LogP contribution is -2.26. The standard InChI is InChI=1S/C10H12FNO2/c1-7-4-5-8(11)6-9(7)10(13)12(2)14-3/h4-6H,1-3H3. The molecule has 0 N–H and O–H groups in total. The largest absolute Gasteiger partial charge is 0.277 e. The van der Waals surface area contributed by atoms with Crippen molar-refractivity contribution in [3.8, 4) is 0 Å². The maximum absolute atomic E-state index is 12.9. The van der Waals surface area contributed by atoms with Gasteiger partial charge in [-0.1, -0.05) is 6.07 Å². The molecule has 0 radical (unpaired) electrons. The highest BCUT2D eigenvalue weighted by atomic mass is 19.1. The van der Waals surface area contributed by atoms with Crippen LogP contribution in [-0.4, -0.2) is 25.1 Å². The summed E-state index contributed by atoms with van der Waals surface area (Å²) in [6, 6.07) is 4.08. The maximum atomic E-state index is 12.9. The van der Waals surface area contributed by atoms with E-state index in [1.807, 2.05) is 0 Å². The minimum absolute atomic E-state index is 0.314. The third-order valence-corrected chi connectivity index (χ3v) is 1.99. The zero-order valence-corrected chi connectivity index (χ0v) is 8.37. The summed E-state index contributed by atoms with van der Waals surface area (Å²) < 4.78 is 12.9. The van der Waals surface area contributed by atoms with Crippen molar-refractivity contribution in [3.63, 3.8) is 0 Å². The van der Waals surface area contributed by atoms with Crippen LogP contribution >= 0.6 is 0 Å². The molecule has 0 saturated heterocycles. The Kier molecular flexibility index (Phi) is 3.19. The molecule has 1 amide bonds. The highest BCUT2D eigenvalue weighted by Gasteiger charge is 2.14. The van der Waals surface area contributed by atoms with Gasteiger partial charge in [0.1, 0.15) is 5.82 Å². The van der Waals surface area contributed by atoms with Crippen LogP contribution in [0.5, 0.6) is 0 Å². The summed E-state index contributed by atoms with van der Waals surface area (Å²) in [5.41, 5.74) is 1.04. The average molecular weight is 197 g/mol. The van der Waals surface area contributed by atoms with Crippen LogP contribution in [0.1, 0.15) is 15.9 Å². The number of hydrogen-bond acceptors (Lipinski definition) is 2. The predicted octanol–water partition coefficient (Wildman–Crippen LogP) is 1.77. The van der Waals surface area contributed by atoms with E-state index in [4.69, 9.17) is 4.84 Å². The molecule has 0 heterocycles. The molecule has 1 aromatic rings. The quantitative estimate of drug-likeness (QED) is 0.676. The lowest BCUT2D eigenvalue weighted by atomic mass is 10.1. The molecular formula is C10H12FNO2. The topological polar surface area (TPSA) is 29.5 Å². The van der Waals surface area contributed by atoms with Gasteiger partial charge < -0.3 is 0 Å². The second kappa shape index (κ2) is 4.19. The normalized spacial score (nSPS) is 10.0. The van der Waals surface area contributed by atoms with Crippen molar-refractivity contribution >= 4 is 5.91 Å². The van der Waals surface area contributed by atoms with Crippen molar-refractivity contribution in [3.05, 3.63) is 35.1 Å². The summed E-state index contributed by atoms with van der Waals surface area (Å²) in [6.45, 7) is 1.75. The van der Waals surface area contributed by atoms with Crippen LogP contribution in [0, 0.1) is 12.7 Å². The Hall–Kier alpha value is -1.42. The molecule has 0 atom stereocenters. The monoisotopic (exact) mass is 197 g/mol. The molecular weight excluding hydrogens is 185 g/mol. The van der Waals surface area contributed by atoms with Gasteiger partial charge in [0.05, 0.1) is 7.11 Å². The first-order valence-corrected chi connectivity index (χ1v) is 4.14. The number of carbonyl (C=O) groups excluding carboxylic acids is 1. The number of benzene rings is 1. The van der Waals surface area contributed by atoms with Gasteiger partial charge in [0.15, 0.2) is 0 Å². The van der Waals surface area contributed by atoms with Crippen LogP contribution in [0.15, 0.2) is 18.2 Å². The molecule has 0 aliphatic heterocycles. The fraction of sp³-hybridized carbons (Fsp3) is 0.300. The first kappa shape index (κ1) is 10.7. The third kappa shape index (κ3) is 2.09. The number of rotatable bonds is 2. The molecule has 76 valence electrons. The Bertz CT molecular complexity index is 352. The minimum atomic E-state index is -0.427. The van der Waals surface area contributed by atoms with Gasteiger partial charge in [0, 0.05) is 12.6 Å². The summed E-state index contributed by atoms with van der Waals surface area (Å²) in [5.74, 6) is -0.784. The van der Waals surface area contributed by atoms with Gasteiger partial charge in [0.25, 0.3) is 5.91 Å². The number of amides is 1. The Morgan fingerprint density at radius 3 is 2.71 bits per heavy atom. The van der Waals surface area contributed by atoms with E-state index in [0.29, 0.717) is 5.56 Å². The van der Waals surface area contributed by atoms with Crippen molar-refractivity contribution in [1.29, 1.82) is 0 Å². The number of aryl methyl sites for hydroxylation is 1. The van der Waals surface area contributed by atoms with Gasteiger partial charge in [-0.15, -0.1) is 0 Å². The lowest BCUT2D eigenvalue weighted by Gasteiger charge is -2.14. The molecule has 1 aromatic carbocycles. The Morgan fingerprint density at radius 1 is 1.50 bits per heavy atom. The van der Waals surface area contributed by atoms with Crippen molar-refractivity contribution in [2.45, 2.75) is 6.92 Å². The van der Waals surface area contributed by atoms with E-state index in [9.17, 15) is 9.18 Å². The molecule has 0 saturated carbocycles. The Morgan fingerprint density at radius 2 is 2.14 bits per heavy atom. The van der Waals surface area contributed by atoms with Gasteiger partial charge in [-0.3, -0.25) is 9.63 Å². The zero-order valence-electron chi connectivity index (χ0n) is 8.37. The highest BCUT2D eigenvalue weighted by molar-refractivity contribution is 5.94. The van der Waals surface area contributed by atoms with Gasteiger partial charge in [-0.25, -0.2) is 9.45 Å². The molecule has 0 aliphatic carbocycles. The smallest absolute Gasteiger partial charge is 0.274 e. The second-order valence-corrected chi connectivity index (χ2v) is 2.94. The van der Waals surface area contributed by atoms with Crippen LogP contribution in [-0.2, 0) is 4.84 Å². The number of hydroxylamine groups is 2. The van der Waals surface area contributed by atoms with Crippen LogP contribution in [0.25, 0.3) is 0 Å². The summed E-state index contributed by atoms with van der Waals surface area (Å²) in [5, 5.41) is 1.06. The fourth-order valence-corrected chi connectivity index (χ4v) is 1.08. The summed E-state index contributed by atoms with van der Waals surface area (Å²) in [6.07, 6.45) is 0. The van der Waals surface area contributed by atoms with E-state index in [1.54, 1.807) is 13.0 Å². The molecule has 4 heteroatoms. The number of carbonyl (C=O) groups is 1. The van der Waals surface area contributed by atoms with E-state index in [-0.39, 0.29) is 5.91 Å². The molecule has 0 aromatic heterocycles. The minimum Gasteiger partial charge on any atom is -0.274 e. The van der Waals surface area contributed by atoms with E-state index in [0.717, 1.165) is 10.6 Å². The molecule has 0 fully saturated rings. The lowest BCUT2D eigenvalue weighted by molar-refractivity contribution is -0.0757. The van der Waals surface area contributed by atoms with E-state index in [2.05, 4.69) is 0 Å². The molecule has 0 aliphatic rings. The average Bonchev–Trinajstić information content (AvgIpc) is 2.19. The van der Waals surface area contributed by atoms with Crippen molar-refractivity contribution in [2.24, 2.45) is 0 Å². The van der Waals surface area contributed by atoms with Gasteiger partial charge in [-0.2, -0.15) is 0 Å². The van der Waals surface area contributed by atoms with Gasteiger partial charge in [-0.05, 0) is 24.6 Å². The molecule has 3 nitrogen and oxygen atoms in total. The first-order chi connectivity index (χ1) is 6.56. The van der Waals surface area contributed by atoms with Crippen LogP contribution in [0.2, 0.25) is 0 Å². The van der Waals surface area contributed by atoms with Crippen molar-refractivity contribution < 1.29 is 14.0 Å². The molecule has 14 heavy (non-hydrogen) atoms. The third-order valence-electron chi connectivity index (χ3n) is 1.99. The van der Waals surface area contributed by atoms with Crippen molar-refractivity contribution in [1.82, 2.24) is 5.06 Å². The first-order valence-electron chi connectivity index (χ1n) is 4.14. The van der Waals surface area contributed by atoms with E-state index in [1.165, 1.54) is 26.3 Å². The van der Waals surface area contributed by atoms with E-state index >= 15 is 0 Å². The second-order valence-electron chi connectivity index (χ2n) is 2.94. The van der Waals surface area contributed by atoms with Crippen LogP contribution < -0.4 is 0 Å². The fourth-order valence-electron chi connectivity index (χ4n) is 1.08. The van der Waals surface area contributed by atoms with Crippen molar-refractivity contribution in [2.75, 3.05) is 14.2 Å². The summed E-state index contributed by atoms with van der Waals surface area (Å²) in [7, 11) is 2.86. The molecule has 0 spiro atoms.